The van der Waals surface area contributed by atoms with Crippen molar-refractivity contribution in [3.05, 3.63) is 35.9 Å². The Morgan fingerprint density at radius 2 is 0.976 bits per heavy atom. The van der Waals surface area contributed by atoms with E-state index in [1.165, 1.54) is 9.59 Å². The van der Waals surface area contributed by atoms with Crippen molar-refractivity contribution in [2.45, 2.75) is 77.5 Å². The molecule has 0 bridgehead atoms. The number of aryl methyl sites for hydroxylation is 6. The van der Waals surface area contributed by atoms with E-state index < -0.39 is 0 Å². The van der Waals surface area contributed by atoms with E-state index in [2.05, 4.69) is 73.8 Å². The van der Waals surface area contributed by atoms with Crippen molar-refractivity contribution >= 4 is 0 Å². The van der Waals surface area contributed by atoms with Crippen LogP contribution in [0.2, 0.25) is 0 Å². The van der Waals surface area contributed by atoms with Crippen molar-refractivity contribution in [3.63, 3.8) is 0 Å². The van der Waals surface area contributed by atoms with E-state index >= 15 is 0 Å². The molecule has 0 atom stereocenters. The van der Waals surface area contributed by atoms with Crippen LogP contribution < -0.4 is 0 Å². The summed E-state index contributed by atoms with van der Waals surface area (Å²) in [4.78, 5) is 6.14. The quantitative estimate of drug-likeness (QED) is 0.150. The molecule has 5 aromatic rings. The highest BCUT2D eigenvalue weighted by atomic mass is 15.6. The lowest BCUT2D eigenvalue weighted by Crippen LogP contribution is -2.05. The number of aromatic nitrogens is 16. The molecule has 0 aliphatic rings. The number of hydrogen-bond donors (Lipinski definition) is 0. The predicted molar refractivity (Wildman–Crippen MR) is 142 cm³/mol. The average molecular weight is 569 g/mol. The van der Waals surface area contributed by atoms with E-state index in [1.54, 1.807) is 9.59 Å². The van der Waals surface area contributed by atoms with Crippen LogP contribution in [0.3, 0.4) is 0 Å². The molecule has 0 aliphatic heterocycles. The summed E-state index contributed by atoms with van der Waals surface area (Å²) in [6.07, 6.45) is 5.04. The van der Waals surface area contributed by atoms with E-state index in [4.69, 9.17) is 10.5 Å². The summed E-state index contributed by atoms with van der Waals surface area (Å²) in [5, 5.41) is 67.8. The summed E-state index contributed by atoms with van der Waals surface area (Å²) in [6.45, 7) is 2.26. The second kappa shape index (κ2) is 14.2. The minimum absolute atomic E-state index is 0.467. The molecule has 0 saturated carbocycles. The monoisotopic (exact) mass is 568 g/mol. The third-order valence-electron chi connectivity index (χ3n) is 6.08. The van der Waals surface area contributed by atoms with E-state index in [-0.39, 0.29) is 0 Å². The Bertz CT molecular complexity index is 1530. The second-order valence-electron chi connectivity index (χ2n) is 9.33. The van der Waals surface area contributed by atoms with Crippen molar-refractivity contribution in [2.75, 3.05) is 0 Å². The lowest BCUT2D eigenvalue weighted by atomic mass is 10.1. The maximum absolute atomic E-state index is 8.64. The molecule has 0 N–H and O–H groups in total. The summed E-state index contributed by atoms with van der Waals surface area (Å²) in [5.74, 6) is 2.29. The third-order valence-corrected chi connectivity index (χ3v) is 6.08. The van der Waals surface area contributed by atoms with Gasteiger partial charge in [-0.1, -0.05) is 18.2 Å². The first-order chi connectivity index (χ1) is 20.7. The van der Waals surface area contributed by atoms with Gasteiger partial charge >= 0.3 is 0 Å². The molecule has 0 fully saturated rings. The van der Waals surface area contributed by atoms with Gasteiger partial charge in [0.15, 0.2) is 11.6 Å². The molecular formula is C24H28N18. The van der Waals surface area contributed by atoms with Crippen molar-refractivity contribution in [1.82, 2.24) is 80.8 Å². The molecule has 0 saturated heterocycles. The van der Waals surface area contributed by atoms with Crippen LogP contribution in [0.5, 0.6) is 0 Å². The standard InChI is InChI=1S/C24H28N18/c25-12-1-3-14-39-31-21(27-35-39)10-6-16-41-33-23(29-37-41)19-8-5-9-20(18-19)24-30-38-42(34-24)17-7-11-22-28-36-40(32-22)15-4-2-13-26/h5,8-9,18H,1-4,6-7,10-11,14-17H2. The molecule has 0 unspecified atom stereocenters. The number of hydrogen-bond acceptors (Lipinski definition) is 14. The molecule has 1 aromatic carbocycles. The number of unbranched alkanes of at least 4 members (excludes halogenated alkanes) is 2. The molecule has 4 aromatic heterocycles. The minimum atomic E-state index is 0.467. The van der Waals surface area contributed by atoms with Gasteiger partial charge in [-0.2, -0.15) is 29.7 Å². The van der Waals surface area contributed by atoms with Gasteiger partial charge in [-0.05, 0) is 52.6 Å². The number of rotatable bonds is 16. The van der Waals surface area contributed by atoms with Gasteiger partial charge in [0.25, 0.3) is 0 Å². The van der Waals surface area contributed by atoms with Gasteiger partial charge in [-0.3, -0.25) is 0 Å². The first-order valence-electron chi connectivity index (χ1n) is 13.6. The molecule has 18 nitrogen and oxygen atoms in total. The SMILES string of the molecule is N#CCCCn1nnc(CCCn2nnc(-c3cccc(-c4nnn(CCCc5nnn(CCCC#N)n5)n4)c3)n2)n1. The van der Waals surface area contributed by atoms with Gasteiger partial charge in [0.1, 0.15) is 0 Å². The molecule has 4 heterocycles. The van der Waals surface area contributed by atoms with Crippen LogP contribution in [0.25, 0.3) is 22.8 Å². The number of benzene rings is 1. The highest BCUT2D eigenvalue weighted by Crippen LogP contribution is 2.21. The summed E-state index contributed by atoms with van der Waals surface area (Å²) in [7, 11) is 0. The van der Waals surface area contributed by atoms with E-state index in [1.807, 2.05) is 24.3 Å². The van der Waals surface area contributed by atoms with Crippen molar-refractivity contribution in [1.29, 1.82) is 10.5 Å². The number of nitriles is 2. The van der Waals surface area contributed by atoms with Crippen LogP contribution >= 0.6 is 0 Å². The van der Waals surface area contributed by atoms with Crippen LogP contribution in [-0.2, 0) is 39.0 Å². The summed E-state index contributed by atoms with van der Waals surface area (Å²) >= 11 is 0. The Hall–Kier alpha value is -5.52. The molecule has 42 heavy (non-hydrogen) atoms. The summed E-state index contributed by atoms with van der Waals surface area (Å²) in [5.41, 5.74) is 1.59. The van der Waals surface area contributed by atoms with Gasteiger partial charge in [-0.15, -0.1) is 40.8 Å². The largest absolute Gasteiger partial charge is 0.204 e. The summed E-state index contributed by atoms with van der Waals surface area (Å²) in [6, 6.07) is 11.8. The van der Waals surface area contributed by atoms with Crippen LogP contribution in [0.4, 0.5) is 0 Å². The first-order valence-corrected chi connectivity index (χ1v) is 13.6. The number of nitrogens with zero attached hydrogens (tertiary/aromatic N) is 18. The zero-order chi connectivity index (χ0) is 29.0. The molecular weight excluding hydrogens is 540 g/mol. The Morgan fingerprint density at radius 3 is 1.45 bits per heavy atom. The Balaban J connectivity index is 1.10. The van der Waals surface area contributed by atoms with Gasteiger partial charge in [0.05, 0.1) is 38.3 Å². The minimum Gasteiger partial charge on any atom is -0.198 e. The fourth-order valence-electron chi connectivity index (χ4n) is 4.00. The van der Waals surface area contributed by atoms with Crippen LogP contribution in [0, 0.1) is 22.7 Å². The first kappa shape index (κ1) is 28.0. The zero-order valence-electron chi connectivity index (χ0n) is 22.8. The molecule has 0 radical (unpaired) electrons. The van der Waals surface area contributed by atoms with Crippen LogP contribution in [0.15, 0.2) is 24.3 Å². The van der Waals surface area contributed by atoms with Crippen molar-refractivity contribution < 1.29 is 0 Å². The predicted octanol–water partition coefficient (Wildman–Crippen LogP) is 0.840. The van der Waals surface area contributed by atoms with E-state index in [0.29, 0.717) is 88.0 Å². The molecule has 5 rings (SSSR count). The zero-order valence-corrected chi connectivity index (χ0v) is 22.8. The average Bonchev–Trinajstić information content (AvgIpc) is 3.82. The van der Waals surface area contributed by atoms with E-state index in [9.17, 15) is 0 Å². The molecule has 18 heteroatoms. The fraction of sp³-hybridized carbons (Fsp3) is 0.500. The third kappa shape index (κ3) is 7.78. The Morgan fingerprint density at radius 1 is 0.548 bits per heavy atom. The molecule has 0 amide bonds. The van der Waals surface area contributed by atoms with Crippen molar-refractivity contribution in [2.24, 2.45) is 0 Å². The topological polar surface area (TPSA) is 222 Å². The Labute approximate surface area is 239 Å². The number of tetrazole rings is 4. The lowest BCUT2D eigenvalue weighted by molar-refractivity contribution is 0.489. The highest BCUT2D eigenvalue weighted by Gasteiger charge is 2.12. The normalized spacial score (nSPS) is 11.0. The van der Waals surface area contributed by atoms with Crippen LogP contribution in [-0.4, -0.2) is 80.8 Å². The lowest BCUT2D eigenvalue weighted by Gasteiger charge is -1.99. The maximum atomic E-state index is 8.64. The maximum Gasteiger partial charge on any atom is 0.204 e. The molecule has 214 valence electrons. The van der Waals surface area contributed by atoms with Crippen LogP contribution in [0.1, 0.15) is 50.2 Å². The van der Waals surface area contributed by atoms with Crippen molar-refractivity contribution in [3.8, 4) is 34.9 Å². The Kier molecular flexibility index (Phi) is 9.48. The van der Waals surface area contributed by atoms with Gasteiger partial charge in [0.2, 0.25) is 11.6 Å². The van der Waals surface area contributed by atoms with Gasteiger partial charge in [-0.25, -0.2) is 0 Å². The van der Waals surface area contributed by atoms with Gasteiger partial charge in [0, 0.05) is 36.8 Å². The second-order valence-corrected chi connectivity index (χ2v) is 9.33. The molecule has 0 aliphatic carbocycles. The fourth-order valence-corrected chi connectivity index (χ4v) is 4.00. The smallest absolute Gasteiger partial charge is 0.198 e. The van der Waals surface area contributed by atoms with Gasteiger partial charge < -0.3 is 0 Å². The highest BCUT2D eigenvalue weighted by molar-refractivity contribution is 5.65. The molecule has 0 spiro atoms. The summed E-state index contributed by atoms with van der Waals surface area (Å²) < 4.78 is 0. The van der Waals surface area contributed by atoms with E-state index in [0.717, 1.165) is 24.0 Å².